The summed E-state index contributed by atoms with van der Waals surface area (Å²) in [5.41, 5.74) is 14.0. The van der Waals surface area contributed by atoms with E-state index in [0.717, 1.165) is 50.0 Å². The molecule has 5 aliphatic heterocycles. The van der Waals surface area contributed by atoms with Crippen molar-refractivity contribution < 1.29 is 34.0 Å². The Morgan fingerprint density at radius 1 is 0.532 bits per heavy atom. The molecule has 0 aliphatic carbocycles. The van der Waals surface area contributed by atoms with Crippen LogP contribution in [-0.4, -0.2) is 32.9 Å². The number of para-hydroxylation sites is 2. The topological polar surface area (TPSA) is 40.0 Å². The van der Waals surface area contributed by atoms with E-state index in [1.54, 1.807) is 36.4 Å². The van der Waals surface area contributed by atoms with Gasteiger partial charge in [0, 0.05) is 75.8 Å². The zero-order valence-corrected chi connectivity index (χ0v) is 58.1. The first kappa shape index (κ1) is 56.7. The largest absolute Gasteiger partial charge is 0.509 e. The second-order valence-corrected chi connectivity index (χ2v) is 29.4. The smallest absolute Gasteiger partial charge is 0.320 e. The van der Waals surface area contributed by atoms with Gasteiger partial charge in [-0.1, -0.05) is 223 Å². The van der Waals surface area contributed by atoms with Crippen LogP contribution in [0.2, 0.25) is 0 Å². The molecule has 7 nitrogen and oxygen atoms in total. The number of hydrogen-bond acceptors (Lipinski definition) is 6. The fraction of sp³-hybridized carbons (Fsp3) is 0.238. The van der Waals surface area contributed by atoms with Gasteiger partial charge in [0.25, 0.3) is 0 Å². The monoisotopic (exact) mass is 1410 g/mol. The minimum Gasteiger partial charge on any atom is -0.509 e. The Morgan fingerprint density at radius 2 is 1.15 bits per heavy atom. The Morgan fingerprint density at radius 3 is 1.77 bits per heavy atom. The van der Waals surface area contributed by atoms with Gasteiger partial charge in [-0.15, -0.1) is 47.0 Å². The van der Waals surface area contributed by atoms with E-state index in [1.807, 2.05) is 16.7 Å². The second-order valence-electron chi connectivity index (χ2n) is 29.4. The van der Waals surface area contributed by atoms with E-state index in [2.05, 4.69) is 292 Å². The predicted molar refractivity (Wildman–Crippen MR) is 393 cm³/mol. The fourth-order valence-corrected chi connectivity index (χ4v) is 13.9. The molecule has 0 saturated heterocycles. The van der Waals surface area contributed by atoms with Crippen LogP contribution in [0.5, 0.6) is 11.5 Å². The fourth-order valence-electron chi connectivity index (χ4n) is 13.9. The standard InChI is InChI=1S/C84H83B2N6O.Pt/c1-80(2,3)59-35-38-74-68(49-59)65-37-36-63(54-77(65)92(74)78-52-60(39-42-87-78)84(13,14)58-27-16-15-17-28-58)93-64-48-57(79-70(82(7,8)9)29-24-30-71(79)83(10,11)12)47-62(53-64)91-56-88(75-33-18-19-34-76(75)91)55-69-66(72-31-25-45-89-43-22-20-40-85(72)89)50-61(81(4,5)6)51-67(69)73-32-26-46-90-44-23-21-41-86(73)90;/h15-52,56H,55H2,1-14H3;/q-3;/i13D3,14D3;. The van der Waals surface area contributed by atoms with Crippen LogP contribution in [0.15, 0.2) is 231 Å². The molecule has 0 saturated carbocycles. The van der Waals surface area contributed by atoms with Crippen molar-refractivity contribution in [2.45, 2.75) is 130 Å². The molecule has 0 unspecified atom stereocenters. The Bertz CT molecular complexity index is 4840. The van der Waals surface area contributed by atoms with Crippen LogP contribution < -0.4 is 14.5 Å². The van der Waals surface area contributed by atoms with Gasteiger partial charge in [-0.05, 0) is 173 Å². The third kappa shape index (κ3) is 11.8. The third-order valence-corrected chi connectivity index (χ3v) is 18.9. The summed E-state index contributed by atoms with van der Waals surface area (Å²) >= 11 is 0. The summed E-state index contributed by atoms with van der Waals surface area (Å²) in [5, 5.41) is 1.78. The van der Waals surface area contributed by atoms with Crippen LogP contribution in [-0.2, 0) is 54.7 Å². The minimum absolute atomic E-state index is 0. The number of anilines is 3. The maximum atomic E-state index is 9.06. The molecule has 0 amide bonds. The summed E-state index contributed by atoms with van der Waals surface area (Å²) in [7, 11) is 0. The van der Waals surface area contributed by atoms with Crippen molar-refractivity contribution in [2.24, 2.45) is 0 Å². The average molecular weight is 1420 g/mol. The number of ether oxygens (including phenoxy) is 1. The van der Waals surface area contributed by atoms with Gasteiger partial charge in [-0.3, -0.25) is 0 Å². The van der Waals surface area contributed by atoms with Gasteiger partial charge < -0.3 is 28.7 Å². The van der Waals surface area contributed by atoms with Gasteiger partial charge in [0.05, 0.1) is 0 Å². The van der Waals surface area contributed by atoms with Gasteiger partial charge in [-0.25, -0.2) is 4.98 Å². The number of nitrogens with zero attached hydrogens (tertiary/aromatic N) is 6. The van der Waals surface area contributed by atoms with Gasteiger partial charge >= 0.3 is 13.7 Å². The molecule has 0 fully saturated rings. The minimum atomic E-state index is -3.01. The number of benzene rings is 7. The third-order valence-electron chi connectivity index (χ3n) is 18.9. The SMILES string of the molecule is [2H]C([2H])([2H])C(c1ccccc1)(c1ccnc(-n2c3[c-]c(Oc4[c-]c(N5[CH-]N(Cc6c(C7=CC=CN8C=CC=CB78)cc(C(C)(C)C)cc6C6=CC=CN7C=CC=CB67)c6ccccc65)cc(-c5c(C(C)(C)C)cccc5C(C)(C)C)c4)ccc3c3cc(C(C)(C)C)ccc32)c1)C([2H])([2H])[2H].[Pt]. The number of hydrogen-bond donors (Lipinski definition) is 0. The van der Waals surface area contributed by atoms with Crippen molar-refractivity contribution in [2.75, 3.05) is 9.80 Å². The van der Waals surface area contributed by atoms with Crippen LogP contribution in [0, 0.1) is 18.8 Å². The van der Waals surface area contributed by atoms with Crippen LogP contribution in [0.4, 0.5) is 17.1 Å². The second kappa shape index (κ2) is 24.2. The van der Waals surface area contributed by atoms with Crippen molar-refractivity contribution in [3.05, 3.63) is 300 Å². The van der Waals surface area contributed by atoms with Crippen molar-refractivity contribution in [3.63, 3.8) is 0 Å². The maximum absolute atomic E-state index is 9.06. The van der Waals surface area contributed by atoms with Crippen LogP contribution in [0.1, 0.15) is 155 Å². The van der Waals surface area contributed by atoms with E-state index < -0.39 is 19.1 Å². The first-order valence-electron chi connectivity index (χ1n) is 35.5. The first-order chi connectivity index (χ1) is 46.9. The van der Waals surface area contributed by atoms with E-state index >= 15 is 0 Å². The van der Waals surface area contributed by atoms with Crippen molar-refractivity contribution in [1.29, 1.82) is 0 Å². The molecular weight excluding hydrogens is 1330 g/mol. The molecular formula is C84H83B2N6OPt-3. The Kier molecular flexibility index (Phi) is 14.6. The van der Waals surface area contributed by atoms with Crippen LogP contribution in [0.3, 0.4) is 0 Å². The summed E-state index contributed by atoms with van der Waals surface area (Å²) in [6.45, 7) is 23.8. The average Bonchev–Trinajstić information content (AvgIpc) is 0.931. The summed E-state index contributed by atoms with van der Waals surface area (Å²) < 4.78 is 63.6. The summed E-state index contributed by atoms with van der Waals surface area (Å²) in [6.07, 6.45) is 27.6. The number of fused-ring (bicyclic) bond motifs is 6. The molecule has 0 spiro atoms. The molecule has 0 bridgehead atoms. The maximum Gasteiger partial charge on any atom is 0.320 e. The van der Waals surface area contributed by atoms with E-state index in [1.165, 1.54) is 56.6 Å². The molecule has 0 radical (unpaired) electrons. The molecule has 474 valence electrons. The molecule has 10 heteroatoms. The Labute approximate surface area is 581 Å². The molecule has 14 rings (SSSR count). The zero-order valence-electron chi connectivity index (χ0n) is 61.8. The normalized spacial score (nSPS) is 16.6. The summed E-state index contributed by atoms with van der Waals surface area (Å²) in [4.78, 5) is 14.2. The number of aromatic nitrogens is 2. The van der Waals surface area contributed by atoms with Crippen molar-refractivity contribution in [3.8, 4) is 28.4 Å². The molecule has 0 N–H and O–H groups in total. The molecule has 94 heavy (non-hydrogen) atoms. The zero-order chi connectivity index (χ0) is 69.9. The van der Waals surface area contributed by atoms with Crippen LogP contribution >= 0.6 is 0 Å². The number of rotatable bonds is 11. The van der Waals surface area contributed by atoms with Crippen LogP contribution in [0.25, 0.3) is 49.7 Å². The predicted octanol–water partition coefficient (Wildman–Crippen LogP) is 20.8. The first-order valence-corrected chi connectivity index (χ1v) is 32.5. The van der Waals surface area contributed by atoms with Gasteiger partial charge in [0.2, 0.25) is 0 Å². The Balaban J connectivity index is 0.00000896. The van der Waals surface area contributed by atoms with Gasteiger partial charge in [-0.2, -0.15) is 12.7 Å². The van der Waals surface area contributed by atoms with Gasteiger partial charge in [0.15, 0.2) is 0 Å². The van der Waals surface area contributed by atoms with Crippen molar-refractivity contribution >= 4 is 63.5 Å². The molecule has 7 heterocycles. The number of pyridine rings is 1. The molecule has 2 aromatic heterocycles. The Hall–Kier alpha value is -8.77. The number of allylic oxidation sites excluding steroid dienone is 8. The van der Waals surface area contributed by atoms with E-state index in [9.17, 15) is 0 Å². The molecule has 5 aliphatic rings. The summed E-state index contributed by atoms with van der Waals surface area (Å²) in [6, 6.07) is 53.9. The van der Waals surface area contributed by atoms with Gasteiger partial charge in [0.1, 0.15) is 5.82 Å². The van der Waals surface area contributed by atoms with E-state index in [-0.39, 0.29) is 67.5 Å². The summed E-state index contributed by atoms with van der Waals surface area (Å²) in [5.74, 6) is 5.78. The molecule has 7 aromatic carbocycles. The quantitative estimate of drug-likeness (QED) is 0.0949. The molecule has 0 atom stereocenters. The molecule has 9 aromatic rings. The van der Waals surface area contributed by atoms with E-state index in [0.29, 0.717) is 29.4 Å². The van der Waals surface area contributed by atoms with Crippen molar-refractivity contribution in [1.82, 2.24) is 19.2 Å². The van der Waals surface area contributed by atoms with E-state index in [4.69, 9.17) is 17.9 Å².